The molecule has 1 fully saturated rings. The summed E-state index contributed by atoms with van der Waals surface area (Å²) in [6.07, 6.45) is 9.30. The summed E-state index contributed by atoms with van der Waals surface area (Å²) < 4.78 is 5.54. The lowest BCUT2D eigenvalue weighted by molar-refractivity contribution is 0.113. The van der Waals surface area contributed by atoms with E-state index in [2.05, 4.69) is 23.3 Å². The minimum Gasteiger partial charge on any atom is -0.497 e. The Hall–Kier alpha value is -0.540. The molecule has 2 aliphatic heterocycles. The van der Waals surface area contributed by atoms with Crippen molar-refractivity contribution in [2.75, 3.05) is 26.7 Å². The first-order chi connectivity index (χ1) is 7.34. The van der Waals surface area contributed by atoms with Crippen molar-refractivity contribution in [1.82, 2.24) is 10.2 Å². The fraction of sp³-hybridized carbons (Fsp3) is 0.833. The van der Waals surface area contributed by atoms with Crippen LogP contribution in [0.15, 0.2) is 12.3 Å². The summed E-state index contributed by atoms with van der Waals surface area (Å²) in [4.78, 5) is 2.41. The maximum Gasteiger partial charge on any atom is 0.110 e. The number of rotatable bonds is 3. The zero-order chi connectivity index (χ0) is 10.5. The standard InChI is InChI=1S/C12H22N2O/c1-14-7-4-5-11(10-14)13-9-12-6-2-3-8-15-12/h3,8,11-13H,2,4-7,9-10H2,1H3. The molecule has 0 aliphatic carbocycles. The molecule has 0 bridgehead atoms. The molecule has 0 aromatic carbocycles. The van der Waals surface area contributed by atoms with Crippen LogP contribution in [0.1, 0.15) is 25.7 Å². The van der Waals surface area contributed by atoms with Crippen molar-refractivity contribution in [3.63, 3.8) is 0 Å². The van der Waals surface area contributed by atoms with Crippen LogP contribution in [0.2, 0.25) is 0 Å². The van der Waals surface area contributed by atoms with E-state index in [1.807, 2.05) is 6.26 Å². The molecule has 3 nitrogen and oxygen atoms in total. The number of likely N-dealkylation sites (tertiary alicyclic amines) is 1. The van der Waals surface area contributed by atoms with Crippen molar-refractivity contribution in [3.8, 4) is 0 Å². The van der Waals surface area contributed by atoms with E-state index in [0.29, 0.717) is 12.1 Å². The van der Waals surface area contributed by atoms with Crippen LogP contribution in [-0.4, -0.2) is 43.7 Å². The molecular weight excluding hydrogens is 188 g/mol. The van der Waals surface area contributed by atoms with Crippen LogP contribution in [0.4, 0.5) is 0 Å². The van der Waals surface area contributed by atoms with Crippen molar-refractivity contribution in [1.29, 1.82) is 0 Å². The van der Waals surface area contributed by atoms with Crippen molar-refractivity contribution < 1.29 is 4.74 Å². The summed E-state index contributed by atoms with van der Waals surface area (Å²) in [6.45, 7) is 3.44. The first-order valence-electron chi connectivity index (χ1n) is 6.07. The lowest BCUT2D eigenvalue weighted by Crippen LogP contribution is -2.46. The molecule has 3 heteroatoms. The van der Waals surface area contributed by atoms with Gasteiger partial charge in [-0.05, 0) is 45.4 Å². The Morgan fingerprint density at radius 3 is 3.13 bits per heavy atom. The van der Waals surface area contributed by atoms with Gasteiger partial charge in [0.25, 0.3) is 0 Å². The van der Waals surface area contributed by atoms with Gasteiger partial charge in [0.05, 0.1) is 6.26 Å². The summed E-state index contributed by atoms with van der Waals surface area (Å²) in [5.41, 5.74) is 0. The summed E-state index contributed by atoms with van der Waals surface area (Å²) in [6, 6.07) is 0.665. The Labute approximate surface area is 92.5 Å². The maximum atomic E-state index is 5.54. The number of hydrogen-bond donors (Lipinski definition) is 1. The van der Waals surface area contributed by atoms with Gasteiger partial charge >= 0.3 is 0 Å². The van der Waals surface area contributed by atoms with E-state index in [9.17, 15) is 0 Å². The zero-order valence-corrected chi connectivity index (χ0v) is 9.61. The molecule has 2 rings (SSSR count). The average Bonchev–Trinajstić information content (AvgIpc) is 2.28. The predicted octanol–water partition coefficient (Wildman–Crippen LogP) is 1.36. The number of hydrogen-bond acceptors (Lipinski definition) is 3. The van der Waals surface area contributed by atoms with E-state index in [-0.39, 0.29) is 0 Å². The second-order valence-electron chi connectivity index (χ2n) is 4.72. The van der Waals surface area contributed by atoms with Gasteiger partial charge in [-0.15, -0.1) is 0 Å². The molecule has 0 aromatic heterocycles. The first-order valence-corrected chi connectivity index (χ1v) is 6.07. The smallest absolute Gasteiger partial charge is 0.110 e. The van der Waals surface area contributed by atoms with Gasteiger partial charge in [-0.1, -0.05) is 0 Å². The second kappa shape index (κ2) is 5.52. The molecule has 2 atom stereocenters. The molecule has 0 aromatic rings. The highest BCUT2D eigenvalue weighted by atomic mass is 16.5. The van der Waals surface area contributed by atoms with Crippen molar-refractivity contribution in [3.05, 3.63) is 12.3 Å². The highest BCUT2D eigenvalue weighted by Crippen LogP contribution is 2.11. The summed E-state index contributed by atoms with van der Waals surface area (Å²) in [7, 11) is 2.20. The molecule has 0 spiro atoms. The van der Waals surface area contributed by atoms with Crippen LogP contribution in [0.3, 0.4) is 0 Å². The van der Waals surface area contributed by atoms with E-state index in [1.54, 1.807) is 0 Å². The van der Waals surface area contributed by atoms with Crippen LogP contribution in [0, 0.1) is 0 Å². The van der Waals surface area contributed by atoms with Crippen LogP contribution in [0.25, 0.3) is 0 Å². The summed E-state index contributed by atoms with van der Waals surface area (Å²) in [5.74, 6) is 0. The monoisotopic (exact) mass is 210 g/mol. The molecule has 2 heterocycles. The fourth-order valence-corrected chi connectivity index (χ4v) is 2.37. The minimum atomic E-state index is 0.391. The van der Waals surface area contributed by atoms with Crippen LogP contribution < -0.4 is 5.32 Å². The van der Waals surface area contributed by atoms with E-state index in [1.165, 1.54) is 25.9 Å². The number of ether oxygens (including phenoxy) is 1. The van der Waals surface area contributed by atoms with Crippen LogP contribution >= 0.6 is 0 Å². The summed E-state index contributed by atoms with van der Waals surface area (Å²) in [5, 5.41) is 3.62. The van der Waals surface area contributed by atoms with Gasteiger partial charge in [-0.2, -0.15) is 0 Å². The van der Waals surface area contributed by atoms with Gasteiger partial charge in [0.1, 0.15) is 6.10 Å². The Balaban J connectivity index is 1.66. The zero-order valence-electron chi connectivity index (χ0n) is 9.61. The highest BCUT2D eigenvalue weighted by molar-refractivity contribution is 4.84. The van der Waals surface area contributed by atoms with Gasteiger partial charge in [-0.3, -0.25) is 0 Å². The third kappa shape index (κ3) is 3.50. The first kappa shape index (κ1) is 11.0. The molecule has 1 N–H and O–H groups in total. The van der Waals surface area contributed by atoms with Gasteiger partial charge in [0, 0.05) is 19.1 Å². The Kier molecular flexibility index (Phi) is 4.03. The molecule has 15 heavy (non-hydrogen) atoms. The number of allylic oxidation sites excluding steroid dienone is 1. The van der Waals surface area contributed by atoms with Crippen molar-refractivity contribution in [2.45, 2.75) is 37.8 Å². The minimum absolute atomic E-state index is 0.391. The molecule has 0 saturated carbocycles. The van der Waals surface area contributed by atoms with E-state index in [0.717, 1.165) is 19.4 Å². The van der Waals surface area contributed by atoms with Crippen molar-refractivity contribution in [2.24, 2.45) is 0 Å². The van der Waals surface area contributed by atoms with E-state index in [4.69, 9.17) is 4.74 Å². The normalized spacial score (nSPS) is 32.6. The SMILES string of the molecule is CN1CCCC(NCC2CCC=CO2)C1. The number of piperidine rings is 1. The molecule has 0 amide bonds. The number of likely N-dealkylation sites (N-methyl/N-ethyl adjacent to an activating group) is 1. The maximum absolute atomic E-state index is 5.54. The van der Waals surface area contributed by atoms with Gasteiger partial charge in [-0.25, -0.2) is 0 Å². The van der Waals surface area contributed by atoms with Gasteiger partial charge < -0.3 is 15.0 Å². The number of nitrogens with one attached hydrogen (secondary N) is 1. The topological polar surface area (TPSA) is 24.5 Å². The molecule has 0 radical (unpaired) electrons. The Morgan fingerprint density at radius 2 is 2.40 bits per heavy atom. The third-order valence-electron chi connectivity index (χ3n) is 3.28. The molecular formula is C12H22N2O. The largest absolute Gasteiger partial charge is 0.497 e. The molecule has 86 valence electrons. The molecule has 2 aliphatic rings. The Bertz CT molecular complexity index is 218. The van der Waals surface area contributed by atoms with E-state index >= 15 is 0 Å². The van der Waals surface area contributed by atoms with E-state index < -0.39 is 0 Å². The molecule has 1 saturated heterocycles. The second-order valence-corrected chi connectivity index (χ2v) is 4.72. The Morgan fingerprint density at radius 1 is 1.47 bits per heavy atom. The average molecular weight is 210 g/mol. The number of nitrogens with zero attached hydrogens (tertiary/aromatic N) is 1. The lowest BCUT2D eigenvalue weighted by atomic mass is 10.1. The van der Waals surface area contributed by atoms with Crippen molar-refractivity contribution >= 4 is 0 Å². The highest BCUT2D eigenvalue weighted by Gasteiger charge is 2.18. The van der Waals surface area contributed by atoms with Gasteiger partial charge in [0.2, 0.25) is 0 Å². The summed E-state index contributed by atoms with van der Waals surface area (Å²) >= 11 is 0. The van der Waals surface area contributed by atoms with Gasteiger partial charge in [0.15, 0.2) is 0 Å². The van der Waals surface area contributed by atoms with Crippen LogP contribution in [-0.2, 0) is 4.74 Å². The third-order valence-corrected chi connectivity index (χ3v) is 3.28. The quantitative estimate of drug-likeness (QED) is 0.761. The van der Waals surface area contributed by atoms with Crippen LogP contribution in [0.5, 0.6) is 0 Å². The predicted molar refractivity (Wildman–Crippen MR) is 61.8 cm³/mol. The fourth-order valence-electron chi connectivity index (χ4n) is 2.37. The lowest BCUT2D eigenvalue weighted by Gasteiger charge is -2.31. The molecule has 2 unspecified atom stereocenters.